The topological polar surface area (TPSA) is 58.1 Å². The maximum Gasteiger partial charge on any atom is 0.417 e. The third-order valence-electron chi connectivity index (χ3n) is 4.59. The number of hydrogen-bond donors (Lipinski definition) is 0. The molecule has 0 N–H and O–H groups in total. The van der Waals surface area contributed by atoms with Gasteiger partial charge in [0.25, 0.3) is 5.56 Å². The first-order valence-electron chi connectivity index (χ1n) is 8.72. The lowest BCUT2D eigenvalue weighted by Crippen LogP contribution is -2.27. The number of hydrogen-bond acceptors (Lipinski definition) is 3. The molecule has 0 spiro atoms. The van der Waals surface area contributed by atoms with Crippen LogP contribution in [0.1, 0.15) is 48.8 Å². The Hall–Kier alpha value is -2.88. The van der Waals surface area contributed by atoms with Crippen LogP contribution in [0, 0.1) is 18.3 Å². The molecule has 0 radical (unpaired) electrons. The summed E-state index contributed by atoms with van der Waals surface area (Å²) in [5, 5.41) is 13.5. The molecule has 0 amide bonds. The Morgan fingerprint density at radius 3 is 2.44 bits per heavy atom. The van der Waals surface area contributed by atoms with E-state index in [-0.39, 0.29) is 5.69 Å². The number of aryl methyl sites for hydroxylation is 1. The second-order valence-electron chi connectivity index (χ2n) is 6.64. The predicted octanol–water partition coefficient (Wildman–Crippen LogP) is 4.88. The standard InChI is InChI=1S/C20H18F3N3O/c1-13-6-5-7-14(10-13)18-11-17(20(21,22)23)16(12-24)19(27)26(18)25-15-8-3-2-4-9-15/h5-7,10-11H,2-4,8-9H2,1H3. The van der Waals surface area contributed by atoms with Gasteiger partial charge in [-0.25, -0.2) is 0 Å². The number of benzene rings is 1. The highest BCUT2D eigenvalue weighted by molar-refractivity contribution is 5.85. The number of pyridine rings is 1. The fourth-order valence-corrected chi connectivity index (χ4v) is 3.24. The molecule has 27 heavy (non-hydrogen) atoms. The van der Waals surface area contributed by atoms with E-state index >= 15 is 0 Å². The van der Waals surface area contributed by atoms with E-state index in [1.165, 1.54) is 6.07 Å². The van der Waals surface area contributed by atoms with Crippen molar-refractivity contribution in [3.63, 3.8) is 0 Å². The summed E-state index contributed by atoms with van der Waals surface area (Å²) < 4.78 is 41.3. The molecule has 1 aromatic heterocycles. The molecule has 0 aliphatic heterocycles. The molecule has 7 heteroatoms. The second-order valence-corrected chi connectivity index (χ2v) is 6.64. The van der Waals surface area contributed by atoms with Crippen LogP contribution in [0.15, 0.2) is 40.2 Å². The number of halogens is 3. The summed E-state index contributed by atoms with van der Waals surface area (Å²) in [4.78, 5) is 12.8. The molecule has 0 bridgehead atoms. The predicted molar refractivity (Wildman–Crippen MR) is 96.5 cm³/mol. The molecular weight excluding hydrogens is 355 g/mol. The van der Waals surface area contributed by atoms with E-state index in [0.717, 1.165) is 41.3 Å². The fraction of sp³-hybridized carbons (Fsp3) is 0.350. The van der Waals surface area contributed by atoms with Crippen molar-refractivity contribution in [1.82, 2.24) is 4.68 Å². The molecule has 1 fully saturated rings. The van der Waals surface area contributed by atoms with Gasteiger partial charge in [-0.2, -0.15) is 28.2 Å². The lowest BCUT2D eigenvalue weighted by molar-refractivity contribution is -0.137. The van der Waals surface area contributed by atoms with Crippen LogP contribution in [0.2, 0.25) is 0 Å². The lowest BCUT2D eigenvalue weighted by Gasteiger charge is -2.17. The Morgan fingerprint density at radius 1 is 1.15 bits per heavy atom. The van der Waals surface area contributed by atoms with Gasteiger partial charge in [-0.05, 0) is 44.7 Å². The van der Waals surface area contributed by atoms with Gasteiger partial charge >= 0.3 is 6.18 Å². The number of nitriles is 1. The molecule has 1 heterocycles. The van der Waals surface area contributed by atoms with Gasteiger partial charge in [0.2, 0.25) is 0 Å². The summed E-state index contributed by atoms with van der Waals surface area (Å²) in [6.45, 7) is 1.81. The van der Waals surface area contributed by atoms with Gasteiger partial charge in [0.1, 0.15) is 11.6 Å². The highest BCUT2D eigenvalue weighted by atomic mass is 19.4. The molecule has 1 aromatic carbocycles. The first kappa shape index (κ1) is 18.9. The zero-order chi connectivity index (χ0) is 19.6. The van der Waals surface area contributed by atoms with Crippen LogP contribution in [0.5, 0.6) is 0 Å². The molecule has 2 aromatic rings. The van der Waals surface area contributed by atoms with Crippen LogP contribution in [0.3, 0.4) is 0 Å². The van der Waals surface area contributed by atoms with Crippen molar-refractivity contribution in [3.05, 3.63) is 57.4 Å². The summed E-state index contributed by atoms with van der Waals surface area (Å²) in [6.07, 6.45) is -0.488. The number of aromatic nitrogens is 1. The van der Waals surface area contributed by atoms with Crippen LogP contribution in [0.25, 0.3) is 11.3 Å². The van der Waals surface area contributed by atoms with Crippen molar-refractivity contribution in [1.29, 1.82) is 5.26 Å². The maximum absolute atomic E-state index is 13.4. The van der Waals surface area contributed by atoms with E-state index < -0.39 is 22.9 Å². The van der Waals surface area contributed by atoms with Gasteiger partial charge < -0.3 is 0 Å². The van der Waals surface area contributed by atoms with E-state index in [0.29, 0.717) is 18.4 Å². The van der Waals surface area contributed by atoms with Crippen LogP contribution in [0.4, 0.5) is 13.2 Å². The Bertz CT molecular complexity index is 989. The highest BCUT2D eigenvalue weighted by Crippen LogP contribution is 2.33. The molecule has 4 nitrogen and oxygen atoms in total. The molecule has 1 aliphatic carbocycles. The highest BCUT2D eigenvalue weighted by Gasteiger charge is 2.36. The van der Waals surface area contributed by atoms with Gasteiger partial charge in [0, 0.05) is 11.3 Å². The van der Waals surface area contributed by atoms with Gasteiger partial charge in [-0.3, -0.25) is 4.79 Å². The van der Waals surface area contributed by atoms with Crippen molar-refractivity contribution >= 4 is 5.71 Å². The molecule has 0 atom stereocenters. The van der Waals surface area contributed by atoms with Crippen LogP contribution >= 0.6 is 0 Å². The van der Waals surface area contributed by atoms with Crippen molar-refractivity contribution in [2.45, 2.75) is 45.2 Å². The zero-order valence-electron chi connectivity index (χ0n) is 14.8. The minimum absolute atomic E-state index is 0.0353. The largest absolute Gasteiger partial charge is 0.417 e. The Morgan fingerprint density at radius 2 is 1.85 bits per heavy atom. The number of alkyl halides is 3. The Kier molecular flexibility index (Phi) is 5.17. The first-order chi connectivity index (χ1) is 12.8. The van der Waals surface area contributed by atoms with Gasteiger partial charge in [0.05, 0.1) is 11.3 Å². The summed E-state index contributed by atoms with van der Waals surface area (Å²) in [5.74, 6) is 0. The van der Waals surface area contributed by atoms with Crippen molar-refractivity contribution in [2.24, 2.45) is 5.10 Å². The molecule has 3 rings (SSSR count). The second kappa shape index (κ2) is 7.39. The van der Waals surface area contributed by atoms with Gasteiger partial charge in [0.15, 0.2) is 0 Å². The third kappa shape index (κ3) is 3.95. The van der Waals surface area contributed by atoms with E-state index in [1.54, 1.807) is 18.2 Å². The molecule has 140 valence electrons. The van der Waals surface area contributed by atoms with E-state index in [2.05, 4.69) is 5.10 Å². The number of rotatable bonds is 2. The third-order valence-corrected chi connectivity index (χ3v) is 4.59. The molecular formula is C20H18F3N3O. The normalized spacial score (nSPS) is 14.7. The maximum atomic E-state index is 13.4. The quantitative estimate of drug-likeness (QED) is 0.753. The summed E-state index contributed by atoms with van der Waals surface area (Å²) in [6, 6.07) is 9.11. The SMILES string of the molecule is Cc1cccc(-c2cc(C(F)(F)F)c(C#N)c(=O)n2N=C2CCCCC2)c1. The van der Waals surface area contributed by atoms with E-state index in [9.17, 15) is 23.2 Å². The van der Waals surface area contributed by atoms with Crippen LogP contribution < -0.4 is 5.56 Å². The first-order valence-corrected chi connectivity index (χ1v) is 8.72. The Balaban J connectivity index is 2.33. The fourth-order valence-electron chi connectivity index (χ4n) is 3.24. The molecule has 0 saturated heterocycles. The van der Waals surface area contributed by atoms with Gasteiger partial charge in [-0.1, -0.05) is 30.2 Å². The monoisotopic (exact) mass is 373 g/mol. The lowest BCUT2D eigenvalue weighted by atomic mass is 9.99. The van der Waals surface area contributed by atoms with Crippen molar-refractivity contribution in [3.8, 4) is 17.3 Å². The average molecular weight is 373 g/mol. The Labute approximate surface area is 154 Å². The summed E-state index contributed by atoms with van der Waals surface area (Å²) >= 11 is 0. The van der Waals surface area contributed by atoms with Gasteiger partial charge in [-0.15, -0.1) is 0 Å². The average Bonchev–Trinajstić information content (AvgIpc) is 2.63. The van der Waals surface area contributed by atoms with E-state index in [1.807, 2.05) is 13.0 Å². The summed E-state index contributed by atoms with van der Waals surface area (Å²) in [7, 11) is 0. The molecule has 1 saturated carbocycles. The summed E-state index contributed by atoms with van der Waals surface area (Å²) in [5.41, 5.74) is -1.11. The van der Waals surface area contributed by atoms with E-state index in [4.69, 9.17) is 0 Å². The van der Waals surface area contributed by atoms with Crippen LogP contribution in [-0.2, 0) is 6.18 Å². The van der Waals surface area contributed by atoms with Crippen LogP contribution in [-0.4, -0.2) is 10.4 Å². The smallest absolute Gasteiger partial charge is 0.266 e. The zero-order valence-corrected chi connectivity index (χ0v) is 14.8. The molecule has 1 aliphatic rings. The minimum atomic E-state index is -4.81. The van der Waals surface area contributed by atoms with Crippen molar-refractivity contribution in [2.75, 3.05) is 0 Å². The number of nitrogens with zero attached hydrogens (tertiary/aromatic N) is 3. The molecule has 0 unspecified atom stereocenters. The van der Waals surface area contributed by atoms with Crippen molar-refractivity contribution < 1.29 is 13.2 Å². The minimum Gasteiger partial charge on any atom is -0.266 e.